The molecule has 0 fully saturated rings. The summed E-state index contributed by atoms with van der Waals surface area (Å²) in [4.78, 5) is 0. The number of benzene rings is 2. The van der Waals surface area contributed by atoms with Gasteiger partial charge in [-0.1, -0.05) is 61.9 Å². The zero-order valence-corrected chi connectivity index (χ0v) is 15.9. The van der Waals surface area contributed by atoms with Crippen molar-refractivity contribution in [2.75, 3.05) is 19.8 Å². The molecule has 0 heterocycles. The third kappa shape index (κ3) is 8.92. The van der Waals surface area contributed by atoms with E-state index in [1.165, 1.54) is 17.5 Å². The van der Waals surface area contributed by atoms with Gasteiger partial charge in [-0.2, -0.15) is 0 Å². The SMILES string of the molecule is CCCCOCCCNCc1ccccc1OCc1ccccc1.Cl. The summed E-state index contributed by atoms with van der Waals surface area (Å²) in [5, 5.41) is 3.47. The number of rotatable bonds is 12. The third-order valence-corrected chi connectivity index (χ3v) is 3.81. The molecule has 0 saturated heterocycles. The summed E-state index contributed by atoms with van der Waals surface area (Å²) in [5.41, 5.74) is 2.38. The molecule has 2 rings (SSSR count). The summed E-state index contributed by atoms with van der Waals surface area (Å²) in [7, 11) is 0. The van der Waals surface area contributed by atoms with Crippen LogP contribution < -0.4 is 10.1 Å². The van der Waals surface area contributed by atoms with Gasteiger partial charge >= 0.3 is 0 Å². The van der Waals surface area contributed by atoms with Crippen molar-refractivity contribution in [1.82, 2.24) is 5.32 Å². The Morgan fingerprint density at radius 1 is 0.880 bits per heavy atom. The number of ether oxygens (including phenoxy) is 2. The number of para-hydroxylation sites is 1. The maximum Gasteiger partial charge on any atom is 0.124 e. The summed E-state index contributed by atoms with van der Waals surface area (Å²) in [6.45, 7) is 6.27. The fourth-order valence-electron chi connectivity index (χ4n) is 2.40. The highest BCUT2D eigenvalue weighted by molar-refractivity contribution is 5.85. The summed E-state index contributed by atoms with van der Waals surface area (Å²) in [6, 6.07) is 18.5. The summed E-state index contributed by atoms with van der Waals surface area (Å²) < 4.78 is 11.6. The molecule has 0 atom stereocenters. The van der Waals surface area contributed by atoms with Crippen LogP contribution in [0.15, 0.2) is 54.6 Å². The fourth-order valence-corrected chi connectivity index (χ4v) is 2.40. The molecular formula is C21H30ClNO2. The van der Waals surface area contributed by atoms with Crippen LogP contribution in [0.25, 0.3) is 0 Å². The monoisotopic (exact) mass is 363 g/mol. The molecule has 0 aliphatic carbocycles. The second-order valence-corrected chi connectivity index (χ2v) is 5.88. The van der Waals surface area contributed by atoms with Gasteiger partial charge in [0, 0.05) is 25.3 Å². The molecule has 0 bridgehead atoms. The summed E-state index contributed by atoms with van der Waals surface area (Å²) in [5.74, 6) is 0.952. The Bertz CT molecular complexity index is 563. The van der Waals surface area contributed by atoms with Crippen LogP contribution in [0.5, 0.6) is 5.75 Å². The Hall–Kier alpha value is -1.55. The number of hydrogen-bond acceptors (Lipinski definition) is 3. The fraction of sp³-hybridized carbons (Fsp3) is 0.429. The Morgan fingerprint density at radius 3 is 2.40 bits per heavy atom. The Balaban J connectivity index is 0.00000312. The van der Waals surface area contributed by atoms with Crippen molar-refractivity contribution < 1.29 is 9.47 Å². The quantitative estimate of drug-likeness (QED) is 0.539. The molecule has 1 N–H and O–H groups in total. The van der Waals surface area contributed by atoms with Gasteiger partial charge in [0.15, 0.2) is 0 Å². The van der Waals surface area contributed by atoms with Gasteiger partial charge in [-0.25, -0.2) is 0 Å². The Kier molecular flexibility index (Phi) is 11.8. The minimum atomic E-state index is 0. The van der Waals surface area contributed by atoms with Crippen molar-refractivity contribution in [1.29, 1.82) is 0 Å². The van der Waals surface area contributed by atoms with E-state index in [1.54, 1.807) is 0 Å². The maximum atomic E-state index is 5.98. The van der Waals surface area contributed by atoms with E-state index in [0.717, 1.165) is 44.9 Å². The number of unbranched alkanes of at least 4 members (excludes halogenated alkanes) is 1. The van der Waals surface area contributed by atoms with Crippen molar-refractivity contribution in [3.8, 4) is 5.75 Å². The van der Waals surface area contributed by atoms with E-state index in [9.17, 15) is 0 Å². The number of halogens is 1. The molecule has 2 aromatic rings. The molecule has 0 radical (unpaired) electrons. The van der Waals surface area contributed by atoms with E-state index in [2.05, 4.69) is 36.5 Å². The lowest BCUT2D eigenvalue weighted by Crippen LogP contribution is -2.17. The Morgan fingerprint density at radius 2 is 1.60 bits per heavy atom. The van der Waals surface area contributed by atoms with E-state index >= 15 is 0 Å². The highest BCUT2D eigenvalue weighted by Gasteiger charge is 2.03. The minimum Gasteiger partial charge on any atom is -0.489 e. The van der Waals surface area contributed by atoms with Crippen molar-refractivity contribution in [3.05, 3.63) is 65.7 Å². The van der Waals surface area contributed by atoms with Crippen molar-refractivity contribution in [3.63, 3.8) is 0 Å². The summed E-state index contributed by atoms with van der Waals surface area (Å²) >= 11 is 0. The Labute approximate surface area is 158 Å². The van der Waals surface area contributed by atoms with Gasteiger partial charge < -0.3 is 14.8 Å². The smallest absolute Gasteiger partial charge is 0.124 e. The first-order valence-electron chi connectivity index (χ1n) is 8.93. The van der Waals surface area contributed by atoms with Crippen molar-refractivity contribution in [2.24, 2.45) is 0 Å². The van der Waals surface area contributed by atoms with Crippen LogP contribution in [0.3, 0.4) is 0 Å². The van der Waals surface area contributed by atoms with Crippen molar-refractivity contribution >= 4 is 12.4 Å². The van der Waals surface area contributed by atoms with Crippen LogP contribution in [0.2, 0.25) is 0 Å². The van der Waals surface area contributed by atoms with E-state index in [-0.39, 0.29) is 12.4 Å². The number of nitrogens with one attached hydrogen (secondary N) is 1. The van der Waals surface area contributed by atoms with E-state index < -0.39 is 0 Å². The average molecular weight is 364 g/mol. The van der Waals surface area contributed by atoms with Gasteiger partial charge in [0.05, 0.1) is 0 Å². The molecule has 0 unspecified atom stereocenters. The lowest BCUT2D eigenvalue weighted by Gasteiger charge is -2.12. The van der Waals surface area contributed by atoms with Gasteiger partial charge in [-0.3, -0.25) is 0 Å². The maximum absolute atomic E-state index is 5.98. The number of hydrogen-bond donors (Lipinski definition) is 1. The van der Waals surface area contributed by atoms with Crippen LogP contribution in [0.1, 0.15) is 37.3 Å². The van der Waals surface area contributed by atoms with Gasteiger partial charge in [0.2, 0.25) is 0 Å². The first kappa shape index (κ1) is 21.5. The molecule has 0 spiro atoms. The molecule has 25 heavy (non-hydrogen) atoms. The van der Waals surface area contributed by atoms with Gasteiger partial charge in [0.1, 0.15) is 12.4 Å². The van der Waals surface area contributed by atoms with E-state index in [1.807, 2.05) is 30.3 Å². The molecule has 2 aromatic carbocycles. The second-order valence-electron chi connectivity index (χ2n) is 5.88. The molecule has 0 aliphatic rings. The van der Waals surface area contributed by atoms with E-state index in [4.69, 9.17) is 9.47 Å². The van der Waals surface area contributed by atoms with Crippen LogP contribution in [-0.2, 0) is 17.9 Å². The molecule has 138 valence electrons. The van der Waals surface area contributed by atoms with E-state index in [0.29, 0.717) is 6.61 Å². The molecule has 0 aliphatic heterocycles. The highest BCUT2D eigenvalue weighted by atomic mass is 35.5. The first-order chi connectivity index (χ1) is 11.9. The second kappa shape index (κ2) is 13.7. The molecular weight excluding hydrogens is 334 g/mol. The standard InChI is InChI=1S/C21H29NO2.ClH/c1-2-3-15-23-16-9-14-22-17-20-12-7-8-13-21(20)24-18-19-10-5-4-6-11-19;/h4-8,10-13,22H,2-3,9,14-18H2,1H3;1H. The topological polar surface area (TPSA) is 30.5 Å². The molecule has 3 nitrogen and oxygen atoms in total. The zero-order valence-electron chi connectivity index (χ0n) is 15.1. The predicted molar refractivity (Wildman–Crippen MR) is 107 cm³/mol. The zero-order chi connectivity index (χ0) is 16.9. The van der Waals surface area contributed by atoms with Crippen LogP contribution in [0, 0.1) is 0 Å². The molecule has 4 heteroatoms. The third-order valence-electron chi connectivity index (χ3n) is 3.81. The van der Waals surface area contributed by atoms with Crippen LogP contribution in [0.4, 0.5) is 0 Å². The normalized spacial score (nSPS) is 10.3. The molecule has 0 amide bonds. The van der Waals surface area contributed by atoms with Gasteiger partial charge in [-0.15, -0.1) is 12.4 Å². The minimum absolute atomic E-state index is 0. The first-order valence-corrected chi connectivity index (χ1v) is 8.93. The van der Waals surface area contributed by atoms with Crippen LogP contribution in [-0.4, -0.2) is 19.8 Å². The lowest BCUT2D eigenvalue weighted by atomic mass is 10.2. The largest absolute Gasteiger partial charge is 0.489 e. The molecule has 0 aromatic heterocycles. The molecule has 0 saturated carbocycles. The highest BCUT2D eigenvalue weighted by Crippen LogP contribution is 2.19. The lowest BCUT2D eigenvalue weighted by molar-refractivity contribution is 0.128. The summed E-state index contributed by atoms with van der Waals surface area (Å²) in [6.07, 6.45) is 3.38. The van der Waals surface area contributed by atoms with Crippen LogP contribution >= 0.6 is 12.4 Å². The predicted octanol–water partition coefficient (Wildman–Crippen LogP) is 4.98. The average Bonchev–Trinajstić information content (AvgIpc) is 2.64. The van der Waals surface area contributed by atoms with Gasteiger partial charge in [0.25, 0.3) is 0 Å². The van der Waals surface area contributed by atoms with Gasteiger partial charge in [-0.05, 0) is 31.0 Å². The van der Waals surface area contributed by atoms with Crippen molar-refractivity contribution in [2.45, 2.75) is 39.3 Å².